The van der Waals surface area contributed by atoms with Crippen molar-refractivity contribution in [1.82, 2.24) is 5.32 Å². The predicted molar refractivity (Wildman–Crippen MR) is 73.9 cm³/mol. The molecule has 0 bridgehead atoms. The van der Waals surface area contributed by atoms with Crippen LogP contribution in [0.1, 0.15) is 42.4 Å². The van der Waals surface area contributed by atoms with Crippen molar-refractivity contribution < 1.29 is 9.90 Å². The lowest BCUT2D eigenvalue weighted by Crippen LogP contribution is -2.31. The van der Waals surface area contributed by atoms with Crippen LogP contribution < -0.4 is 5.32 Å². The molecule has 1 aromatic heterocycles. The summed E-state index contributed by atoms with van der Waals surface area (Å²) in [6, 6.07) is 4.62. The molecule has 18 heavy (non-hydrogen) atoms. The Bertz CT molecular complexity index is 394. The second kappa shape index (κ2) is 6.34. The first-order valence-corrected chi connectivity index (χ1v) is 7.48. The molecule has 0 amide bonds. The summed E-state index contributed by atoms with van der Waals surface area (Å²) in [6.07, 6.45) is 5.34. The van der Waals surface area contributed by atoms with Gasteiger partial charge in [0.1, 0.15) is 0 Å². The molecule has 1 aliphatic rings. The lowest BCUT2D eigenvalue weighted by atomic mass is 9.87. The van der Waals surface area contributed by atoms with Crippen molar-refractivity contribution >= 4 is 17.3 Å². The summed E-state index contributed by atoms with van der Waals surface area (Å²) >= 11 is 1.61. The Morgan fingerprint density at radius 3 is 2.67 bits per heavy atom. The van der Waals surface area contributed by atoms with Gasteiger partial charge in [0, 0.05) is 22.3 Å². The molecule has 3 nitrogen and oxygen atoms in total. The smallest absolute Gasteiger partial charge is 0.308 e. The van der Waals surface area contributed by atoms with Crippen LogP contribution >= 0.6 is 11.3 Å². The van der Waals surface area contributed by atoms with Gasteiger partial charge in [-0.15, -0.1) is 11.3 Å². The SMILES string of the molecule is CC1CCC(NCc2ccc(CC(=O)O)s2)CC1. The van der Waals surface area contributed by atoms with Crippen LogP contribution in [0.4, 0.5) is 0 Å². The summed E-state index contributed by atoms with van der Waals surface area (Å²) in [4.78, 5) is 12.8. The average Bonchev–Trinajstić information content (AvgIpc) is 2.75. The second-order valence-corrected chi connectivity index (χ2v) is 6.53. The Labute approximate surface area is 112 Å². The van der Waals surface area contributed by atoms with Crippen molar-refractivity contribution in [1.29, 1.82) is 0 Å². The number of nitrogens with one attached hydrogen (secondary N) is 1. The van der Waals surface area contributed by atoms with E-state index in [1.807, 2.05) is 12.1 Å². The molecule has 2 rings (SSSR count). The molecule has 0 unspecified atom stereocenters. The fraction of sp³-hybridized carbons (Fsp3) is 0.643. The van der Waals surface area contributed by atoms with Crippen LogP contribution in [0.3, 0.4) is 0 Å². The van der Waals surface area contributed by atoms with E-state index in [0.29, 0.717) is 6.04 Å². The quantitative estimate of drug-likeness (QED) is 0.862. The summed E-state index contributed by atoms with van der Waals surface area (Å²) in [6.45, 7) is 3.21. The van der Waals surface area contributed by atoms with Crippen LogP contribution in [0.2, 0.25) is 0 Å². The number of aliphatic carboxylic acids is 1. The van der Waals surface area contributed by atoms with E-state index in [0.717, 1.165) is 17.3 Å². The first-order valence-electron chi connectivity index (χ1n) is 6.66. The number of thiophene rings is 1. The molecule has 100 valence electrons. The van der Waals surface area contributed by atoms with Gasteiger partial charge in [0.2, 0.25) is 0 Å². The maximum Gasteiger partial charge on any atom is 0.308 e. The van der Waals surface area contributed by atoms with E-state index in [1.165, 1.54) is 30.6 Å². The van der Waals surface area contributed by atoms with Gasteiger partial charge in [-0.05, 0) is 43.7 Å². The Hall–Kier alpha value is -0.870. The lowest BCUT2D eigenvalue weighted by molar-refractivity contribution is -0.136. The number of hydrogen-bond acceptors (Lipinski definition) is 3. The monoisotopic (exact) mass is 267 g/mol. The van der Waals surface area contributed by atoms with Crippen molar-refractivity contribution in [2.45, 2.75) is 51.6 Å². The number of carbonyl (C=O) groups is 1. The largest absolute Gasteiger partial charge is 0.481 e. The highest BCUT2D eigenvalue weighted by atomic mass is 32.1. The van der Waals surface area contributed by atoms with E-state index in [4.69, 9.17) is 5.11 Å². The molecule has 0 aromatic carbocycles. The van der Waals surface area contributed by atoms with Crippen molar-refractivity contribution in [3.8, 4) is 0 Å². The molecule has 0 saturated heterocycles. The molecule has 0 aliphatic heterocycles. The number of hydrogen-bond donors (Lipinski definition) is 2. The van der Waals surface area contributed by atoms with Crippen LogP contribution in [0.5, 0.6) is 0 Å². The highest BCUT2D eigenvalue weighted by Gasteiger charge is 2.17. The predicted octanol–water partition coefficient (Wildman–Crippen LogP) is 3.04. The highest BCUT2D eigenvalue weighted by Crippen LogP contribution is 2.24. The van der Waals surface area contributed by atoms with Crippen molar-refractivity contribution in [2.24, 2.45) is 5.92 Å². The second-order valence-electron chi connectivity index (χ2n) is 5.28. The third-order valence-electron chi connectivity index (χ3n) is 3.62. The summed E-state index contributed by atoms with van der Waals surface area (Å²) in [7, 11) is 0. The maximum atomic E-state index is 10.6. The standard InChI is InChI=1S/C14H21NO2S/c1-10-2-4-11(5-3-10)15-9-13-7-6-12(18-13)8-14(16)17/h6-7,10-11,15H,2-5,8-9H2,1H3,(H,16,17). The zero-order valence-electron chi connectivity index (χ0n) is 10.8. The molecule has 1 fully saturated rings. The van der Waals surface area contributed by atoms with Gasteiger partial charge in [-0.1, -0.05) is 6.92 Å². The molecule has 0 spiro atoms. The zero-order valence-corrected chi connectivity index (χ0v) is 11.6. The summed E-state index contributed by atoms with van der Waals surface area (Å²) in [5.74, 6) is 0.129. The van der Waals surface area contributed by atoms with Crippen LogP contribution in [-0.2, 0) is 17.8 Å². The van der Waals surface area contributed by atoms with Crippen LogP contribution in [0.15, 0.2) is 12.1 Å². The molecule has 1 saturated carbocycles. The van der Waals surface area contributed by atoms with Gasteiger partial charge in [0.05, 0.1) is 6.42 Å². The van der Waals surface area contributed by atoms with Gasteiger partial charge in [-0.25, -0.2) is 0 Å². The molecule has 0 radical (unpaired) electrons. The van der Waals surface area contributed by atoms with Gasteiger partial charge in [0.15, 0.2) is 0 Å². The third kappa shape index (κ3) is 4.10. The summed E-state index contributed by atoms with van der Waals surface area (Å²) in [5, 5.41) is 12.3. The summed E-state index contributed by atoms with van der Waals surface area (Å²) < 4.78 is 0. The third-order valence-corrected chi connectivity index (χ3v) is 4.71. The zero-order chi connectivity index (χ0) is 13.0. The van der Waals surface area contributed by atoms with Crippen LogP contribution in [0, 0.1) is 5.92 Å². The molecule has 0 atom stereocenters. The molecule has 4 heteroatoms. The number of carboxylic acids is 1. The molecule has 2 N–H and O–H groups in total. The Morgan fingerprint density at radius 2 is 2.00 bits per heavy atom. The topological polar surface area (TPSA) is 49.3 Å². The Morgan fingerprint density at radius 1 is 1.33 bits per heavy atom. The van der Waals surface area contributed by atoms with Gasteiger partial charge in [0.25, 0.3) is 0 Å². The van der Waals surface area contributed by atoms with Crippen molar-refractivity contribution in [2.75, 3.05) is 0 Å². The Kier molecular flexibility index (Phi) is 4.78. The van der Waals surface area contributed by atoms with Crippen molar-refractivity contribution in [3.63, 3.8) is 0 Å². The lowest BCUT2D eigenvalue weighted by Gasteiger charge is -2.26. The first-order chi connectivity index (χ1) is 8.63. The van der Waals surface area contributed by atoms with Crippen LogP contribution in [-0.4, -0.2) is 17.1 Å². The molecule has 1 aliphatic carbocycles. The van der Waals surface area contributed by atoms with E-state index in [-0.39, 0.29) is 6.42 Å². The number of rotatable bonds is 5. The minimum absolute atomic E-state index is 0.144. The van der Waals surface area contributed by atoms with Crippen molar-refractivity contribution in [3.05, 3.63) is 21.9 Å². The van der Waals surface area contributed by atoms with E-state index in [1.54, 1.807) is 11.3 Å². The molecular weight excluding hydrogens is 246 g/mol. The average molecular weight is 267 g/mol. The van der Waals surface area contributed by atoms with Gasteiger partial charge in [-0.2, -0.15) is 0 Å². The van der Waals surface area contributed by atoms with Gasteiger partial charge >= 0.3 is 5.97 Å². The first kappa shape index (κ1) is 13.6. The number of carboxylic acid groups (broad SMARTS) is 1. The highest BCUT2D eigenvalue weighted by molar-refractivity contribution is 7.12. The minimum atomic E-state index is -0.752. The fourth-order valence-electron chi connectivity index (χ4n) is 2.47. The summed E-state index contributed by atoms with van der Waals surface area (Å²) in [5.41, 5.74) is 0. The van der Waals surface area contributed by atoms with E-state index >= 15 is 0 Å². The van der Waals surface area contributed by atoms with E-state index in [9.17, 15) is 4.79 Å². The molecule has 1 heterocycles. The van der Waals surface area contributed by atoms with E-state index < -0.39 is 5.97 Å². The maximum absolute atomic E-state index is 10.6. The minimum Gasteiger partial charge on any atom is -0.481 e. The van der Waals surface area contributed by atoms with E-state index in [2.05, 4.69) is 12.2 Å². The van der Waals surface area contributed by atoms with Gasteiger partial charge in [-0.3, -0.25) is 4.79 Å². The van der Waals surface area contributed by atoms with Gasteiger partial charge < -0.3 is 10.4 Å². The van der Waals surface area contributed by atoms with Crippen LogP contribution in [0.25, 0.3) is 0 Å². The molecule has 1 aromatic rings. The normalized spacial score (nSPS) is 24.1. The Balaban J connectivity index is 1.76. The molecular formula is C14H21NO2S. The fourth-order valence-corrected chi connectivity index (χ4v) is 3.43.